The van der Waals surface area contributed by atoms with E-state index in [1.54, 1.807) is 12.1 Å². The Hall–Kier alpha value is -2.42. The lowest BCUT2D eigenvalue weighted by Crippen LogP contribution is -2.48. The number of nitrogens with one attached hydrogen (secondary N) is 1. The van der Waals surface area contributed by atoms with E-state index < -0.39 is 10.0 Å². The number of nitrogens with zero attached hydrogens (tertiary/aromatic N) is 1. The highest BCUT2D eigenvalue weighted by Crippen LogP contribution is 2.22. The summed E-state index contributed by atoms with van der Waals surface area (Å²) < 4.78 is 32.7. The maximum atomic E-state index is 12.8. The molecule has 0 saturated carbocycles. The van der Waals surface area contributed by atoms with Gasteiger partial charge in [0.05, 0.1) is 17.1 Å². The van der Waals surface area contributed by atoms with Crippen molar-refractivity contribution in [1.29, 1.82) is 0 Å². The predicted molar refractivity (Wildman–Crippen MR) is 101 cm³/mol. The van der Waals surface area contributed by atoms with Crippen LogP contribution < -0.4 is 5.32 Å². The lowest BCUT2D eigenvalue weighted by molar-refractivity contribution is -0.0440. The molecule has 0 aromatic heterocycles. The summed E-state index contributed by atoms with van der Waals surface area (Å²) in [4.78, 5) is 12.4. The van der Waals surface area contributed by atoms with Crippen LogP contribution in [0.3, 0.4) is 0 Å². The third kappa shape index (κ3) is 4.47. The number of phenols is 1. The van der Waals surface area contributed by atoms with E-state index in [9.17, 15) is 18.3 Å². The van der Waals surface area contributed by atoms with E-state index in [1.807, 2.05) is 13.8 Å². The summed E-state index contributed by atoms with van der Waals surface area (Å²) in [5.74, 6) is -0.257. The van der Waals surface area contributed by atoms with Gasteiger partial charge in [-0.1, -0.05) is 0 Å². The summed E-state index contributed by atoms with van der Waals surface area (Å²) in [7, 11) is -3.64. The number of anilines is 1. The molecule has 0 aliphatic carbocycles. The molecule has 1 aliphatic rings. The van der Waals surface area contributed by atoms with Crippen LogP contribution in [0.4, 0.5) is 5.69 Å². The Kier molecular flexibility index (Phi) is 5.50. The van der Waals surface area contributed by atoms with Gasteiger partial charge in [-0.2, -0.15) is 4.31 Å². The van der Waals surface area contributed by atoms with Crippen LogP contribution in [-0.2, 0) is 14.8 Å². The van der Waals surface area contributed by atoms with E-state index in [2.05, 4.69) is 5.32 Å². The van der Waals surface area contributed by atoms with Crippen molar-refractivity contribution in [2.24, 2.45) is 0 Å². The van der Waals surface area contributed by atoms with Crippen molar-refractivity contribution in [3.63, 3.8) is 0 Å². The number of rotatable bonds is 4. The Morgan fingerprint density at radius 3 is 2.15 bits per heavy atom. The summed E-state index contributed by atoms with van der Waals surface area (Å²) in [6.07, 6.45) is -0.335. The summed E-state index contributed by atoms with van der Waals surface area (Å²) in [5, 5.41) is 12.0. The molecule has 2 aromatic rings. The quantitative estimate of drug-likeness (QED) is 0.782. The maximum Gasteiger partial charge on any atom is 0.255 e. The third-order valence-electron chi connectivity index (χ3n) is 4.27. The van der Waals surface area contributed by atoms with Crippen LogP contribution in [0.25, 0.3) is 0 Å². The Morgan fingerprint density at radius 2 is 1.59 bits per heavy atom. The zero-order valence-electron chi connectivity index (χ0n) is 15.1. The molecular formula is C19H22N2O5S. The van der Waals surface area contributed by atoms with Gasteiger partial charge in [0, 0.05) is 24.3 Å². The van der Waals surface area contributed by atoms with Crippen molar-refractivity contribution in [3.05, 3.63) is 54.1 Å². The minimum Gasteiger partial charge on any atom is -0.508 e. The molecule has 8 heteroatoms. The fraction of sp³-hybridized carbons (Fsp3) is 0.316. The number of hydrogen-bond acceptors (Lipinski definition) is 5. The highest BCUT2D eigenvalue weighted by atomic mass is 32.2. The number of carbonyl (C=O) groups excluding carboxylic acids is 1. The van der Waals surface area contributed by atoms with Crippen molar-refractivity contribution in [1.82, 2.24) is 4.31 Å². The van der Waals surface area contributed by atoms with Gasteiger partial charge < -0.3 is 15.2 Å². The summed E-state index contributed by atoms with van der Waals surface area (Å²) >= 11 is 0. The van der Waals surface area contributed by atoms with Gasteiger partial charge in [0.15, 0.2) is 0 Å². The topological polar surface area (TPSA) is 95.9 Å². The largest absolute Gasteiger partial charge is 0.508 e. The van der Waals surface area contributed by atoms with Gasteiger partial charge in [0.25, 0.3) is 5.91 Å². The van der Waals surface area contributed by atoms with Crippen LogP contribution in [-0.4, -0.2) is 49.0 Å². The van der Waals surface area contributed by atoms with Gasteiger partial charge in [-0.25, -0.2) is 8.42 Å². The van der Waals surface area contributed by atoms with E-state index in [-0.39, 0.29) is 28.8 Å². The van der Waals surface area contributed by atoms with E-state index in [1.165, 1.54) is 40.7 Å². The fourth-order valence-electron chi connectivity index (χ4n) is 3.00. The molecule has 0 bridgehead atoms. The van der Waals surface area contributed by atoms with Crippen molar-refractivity contribution in [2.75, 3.05) is 18.4 Å². The molecule has 1 aliphatic heterocycles. The fourth-order valence-corrected chi connectivity index (χ4v) is 4.59. The zero-order chi connectivity index (χ0) is 19.6. The first-order valence-corrected chi connectivity index (χ1v) is 10.1. The molecule has 1 heterocycles. The molecule has 3 rings (SSSR count). The van der Waals surface area contributed by atoms with Gasteiger partial charge in [-0.3, -0.25) is 4.79 Å². The molecule has 2 aromatic carbocycles. The highest BCUT2D eigenvalue weighted by Gasteiger charge is 2.32. The number of benzene rings is 2. The molecule has 1 amide bonds. The Balaban J connectivity index is 1.74. The minimum atomic E-state index is -3.64. The first-order chi connectivity index (χ1) is 12.8. The van der Waals surface area contributed by atoms with Crippen molar-refractivity contribution in [3.8, 4) is 5.75 Å². The maximum absolute atomic E-state index is 12.8. The van der Waals surface area contributed by atoms with Crippen LogP contribution in [0.1, 0.15) is 24.2 Å². The lowest BCUT2D eigenvalue weighted by Gasteiger charge is -2.34. The second kappa shape index (κ2) is 7.67. The number of sulfonamides is 1. The average Bonchev–Trinajstić information content (AvgIpc) is 2.63. The molecule has 0 spiro atoms. The Labute approximate surface area is 158 Å². The number of phenolic OH excluding ortho intramolecular Hbond substituents is 1. The van der Waals surface area contributed by atoms with Crippen molar-refractivity contribution >= 4 is 21.6 Å². The molecule has 27 heavy (non-hydrogen) atoms. The number of ether oxygens (including phenoxy) is 1. The first-order valence-electron chi connectivity index (χ1n) is 8.62. The summed E-state index contributed by atoms with van der Waals surface area (Å²) in [5.41, 5.74) is 0.872. The van der Waals surface area contributed by atoms with Gasteiger partial charge in [-0.05, 0) is 62.4 Å². The SMILES string of the molecule is CC1CN(S(=O)(=O)c2ccc(C(=O)Nc3ccc(O)cc3)cc2)CC(C)O1. The summed E-state index contributed by atoms with van der Waals surface area (Å²) in [6, 6.07) is 11.9. The van der Waals surface area contributed by atoms with E-state index in [0.717, 1.165) is 0 Å². The van der Waals surface area contributed by atoms with E-state index in [0.29, 0.717) is 24.3 Å². The average molecular weight is 390 g/mol. The predicted octanol–water partition coefficient (Wildman–Crippen LogP) is 2.44. The Bertz CT molecular complexity index is 900. The number of aromatic hydroxyl groups is 1. The standard InChI is InChI=1S/C19H22N2O5S/c1-13-11-21(12-14(2)26-13)27(24,25)18-9-3-15(4-10-18)19(23)20-16-5-7-17(22)8-6-16/h3-10,13-14,22H,11-12H2,1-2H3,(H,20,23). The Morgan fingerprint density at radius 1 is 1.04 bits per heavy atom. The van der Waals surface area contributed by atoms with Gasteiger partial charge in [0.2, 0.25) is 10.0 Å². The van der Waals surface area contributed by atoms with Crippen LogP contribution in [0.15, 0.2) is 53.4 Å². The smallest absolute Gasteiger partial charge is 0.255 e. The third-order valence-corrected chi connectivity index (χ3v) is 6.11. The van der Waals surface area contributed by atoms with Crippen LogP contribution in [0.2, 0.25) is 0 Å². The molecule has 2 unspecified atom stereocenters. The monoisotopic (exact) mass is 390 g/mol. The number of morpholine rings is 1. The molecular weight excluding hydrogens is 368 g/mol. The first kappa shape index (κ1) is 19.3. The molecule has 144 valence electrons. The molecule has 1 fully saturated rings. The lowest BCUT2D eigenvalue weighted by atomic mass is 10.2. The van der Waals surface area contributed by atoms with Crippen molar-refractivity contribution < 1.29 is 23.1 Å². The summed E-state index contributed by atoms with van der Waals surface area (Å²) in [6.45, 7) is 4.29. The van der Waals surface area contributed by atoms with Gasteiger partial charge >= 0.3 is 0 Å². The minimum absolute atomic E-state index is 0.106. The van der Waals surface area contributed by atoms with Crippen LogP contribution in [0, 0.1) is 0 Å². The van der Waals surface area contributed by atoms with E-state index in [4.69, 9.17) is 4.74 Å². The highest BCUT2D eigenvalue weighted by molar-refractivity contribution is 7.89. The van der Waals surface area contributed by atoms with Crippen molar-refractivity contribution in [2.45, 2.75) is 31.0 Å². The molecule has 0 radical (unpaired) electrons. The normalized spacial score (nSPS) is 21.0. The second-order valence-electron chi connectivity index (χ2n) is 6.60. The number of amides is 1. The molecule has 7 nitrogen and oxygen atoms in total. The molecule has 2 atom stereocenters. The zero-order valence-corrected chi connectivity index (χ0v) is 15.9. The second-order valence-corrected chi connectivity index (χ2v) is 8.54. The number of hydrogen-bond donors (Lipinski definition) is 2. The molecule has 1 saturated heterocycles. The number of carbonyl (C=O) groups is 1. The van der Waals surface area contributed by atoms with Crippen LogP contribution >= 0.6 is 0 Å². The van der Waals surface area contributed by atoms with Crippen LogP contribution in [0.5, 0.6) is 5.75 Å². The van der Waals surface area contributed by atoms with Gasteiger partial charge in [-0.15, -0.1) is 0 Å². The molecule has 2 N–H and O–H groups in total. The van der Waals surface area contributed by atoms with Gasteiger partial charge in [0.1, 0.15) is 5.75 Å². The van der Waals surface area contributed by atoms with E-state index >= 15 is 0 Å².